The zero-order valence-corrected chi connectivity index (χ0v) is 9.23. The molecule has 0 amide bonds. The van der Waals surface area contributed by atoms with E-state index in [2.05, 4.69) is 13.8 Å². The summed E-state index contributed by atoms with van der Waals surface area (Å²) in [5.41, 5.74) is 6.92. The van der Waals surface area contributed by atoms with E-state index in [1.807, 2.05) is 12.1 Å². The fourth-order valence-corrected chi connectivity index (χ4v) is 1.67. The predicted molar refractivity (Wildman–Crippen MR) is 58.2 cm³/mol. The molecule has 0 aliphatic carbocycles. The van der Waals surface area contributed by atoms with Crippen LogP contribution in [-0.4, -0.2) is 0 Å². The molecule has 0 spiro atoms. The van der Waals surface area contributed by atoms with Crippen molar-refractivity contribution in [2.45, 2.75) is 19.9 Å². The molecule has 13 heavy (non-hydrogen) atoms. The third kappa shape index (κ3) is 2.60. The number of hydrogen-bond donors (Lipinski definition) is 1. The number of rotatable bonds is 2. The van der Waals surface area contributed by atoms with E-state index in [0.29, 0.717) is 16.0 Å². The lowest BCUT2D eigenvalue weighted by Crippen LogP contribution is -2.16. The lowest BCUT2D eigenvalue weighted by Gasteiger charge is -2.17. The second-order valence-electron chi connectivity index (χ2n) is 3.44. The summed E-state index contributed by atoms with van der Waals surface area (Å²) in [7, 11) is 0. The minimum atomic E-state index is -0.0234. The van der Waals surface area contributed by atoms with Gasteiger partial charge in [-0.05, 0) is 23.6 Å². The first-order valence-electron chi connectivity index (χ1n) is 4.23. The molecule has 3 heteroatoms. The Balaban J connectivity index is 3.01. The normalized spacial score (nSPS) is 13.4. The molecular weight excluding hydrogens is 205 g/mol. The van der Waals surface area contributed by atoms with Gasteiger partial charge in [0.2, 0.25) is 0 Å². The molecule has 0 heterocycles. The van der Waals surface area contributed by atoms with Crippen LogP contribution in [0, 0.1) is 5.92 Å². The highest BCUT2D eigenvalue weighted by Crippen LogP contribution is 2.28. The van der Waals surface area contributed by atoms with Gasteiger partial charge in [-0.2, -0.15) is 0 Å². The summed E-state index contributed by atoms with van der Waals surface area (Å²) in [6.07, 6.45) is 0. The van der Waals surface area contributed by atoms with Crippen molar-refractivity contribution < 1.29 is 0 Å². The fraction of sp³-hybridized carbons (Fsp3) is 0.400. The molecule has 1 aromatic carbocycles. The van der Waals surface area contributed by atoms with Gasteiger partial charge >= 0.3 is 0 Å². The minimum absolute atomic E-state index is 0.0234. The van der Waals surface area contributed by atoms with E-state index in [4.69, 9.17) is 28.9 Å². The Morgan fingerprint density at radius 1 is 1.23 bits per heavy atom. The van der Waals surface area contributed by atoms with E-state index in [-0.39, 0.29) is 6.04 Å². The predicted octanol–water partition coefficient (Wildman–Crippen LogP) is 3.65. The van der Waals surface area contributed by atoms with Crippen LogP contribution in [0.25, 0.3) is 0 Å². The SMILES string of the molecule is CC(C)C(N)c1ccc(Cl)cc1Cl. The van der Waals surface area contributed by atoms with Crippen molar-refractivity contribution in [1.82, 2.24) is 0 Å². The van der Waals surface area contributed by atoms with Gasteiger partial charge in [-0.1, -0.05) is 43.1 Å². The van der Waals surface area contributed by atoms with Gasteiger partial charge in [-0.3, -0.25) is 0 Å². The fourth-order valence-electron chi connectivity index (χ4n) is 1.13. The molecule has 0 saturated heterocycles. The van der Waals surface area contributed by atoms with Gasteiger partial charge in [0.15, 0.2) is 0 Å². The zero-order chi connectivity index (χ0) is 10.0. The van der Waals surface area contributed by atoms with E-state index in [1.54, 1.807) is 6.07 Å². The molecule has 0 saturated carbocycles. The van der Waals surface area contributed by atoms with Gasteiger partial charge in [0, 0.05) is 16.1 Å². The van der Waals surface area contributed by atoms with Crippen LogP contribution in [0.4, 0.5) is 0 Å². The van der Waals surface area contributed by atoms with E-state index in [1.165, 1.54) is 0 Å². The second-order valence-corrected chi connectivity index (χ2v) is 4.28. The van der Waals surface area contributed by atoms with Crippen LogP contribution in [-0.2, 0) is 0 Å². The lowest BCUT2D eigenvalue weighted by atomic mass is 9.97. The molecule has 1 rings (SSSR count). The summed E-state index contributed by atoms with van der Waals surface area (Å²) in [4.78, 5) is 0. The monoisotopic (exact) mass is 217 g/mol. The van der Waals surface area contributed by atoms with Gasteiger partial charge < -0.3 is 5.73 Å². The van der Waals surface area contributed by atoms with Crippen molar-refractivity contribution in [3.8, 4) is 0 Å². The highest BCUT2D eigenvalue weighted by Gasteiger charge is 2.13. The summed E-state index contributed by atoms with van der Waals surface area (Å²) in [5.74, 6) is 0.374. The molecule has 1 aromatic rings. The van der Waals surface area contributed by atoms with Crippen LogP contribution in [0.5, 0.6) is 0 Å². The Hall–Kier alpha value is -0.240. The minimum Gasteiger partial charge on any atom is -0.324 e. The zero-order valence-electron chi connectivity index (χ0n) is 7.72. The molecule has 0 aliphatic rings. The summed E-state index contributed by atoms with van der Waals surface area (Å²) in [6.45, 7) is 4.13. The number of benzene rings is 1. The molecule has 1 atom stereocenters. The Bertz CT molecular complexity index is 297. The Morgan fingerprint density at radius 2 is 1.85 bits per heavy atom. The number of halogens is 2. The molecule has 0 bridgehead atoms. The third-order valence-corrected chi connectivity index (χ3v) is 2.60. The quantitative estimate of drug-likeness (QED) is 0.805. The van der Waals surface area contributed by atoms with Crippen molar-refractivity contribution in [2.24, 2.45) is 11.7 Å². The molecule has 2 N–H and O–H groups in total. The molecule has 72 valence electrons. The molecule has 0 fully saturated rings. The molecule has 0 radical (unpaired) electrons. The third-order valence-electron chi connectivity index (χ3n) is 2.04. The maximum absolute atomic E-state index is 6.00. The smallest absolute Gasteiger partial charge is 0.0468 e. The van der Waals surface area contributed by atoms with Crippen molar-refractivity contribution in [3.63, 3.8) is 0 Å². The van der Waals surface area contributed by atoms with Crippen LogP contribution in [0.2, 0.25) is 10.0 Å². The van der Waals surface area contributed by atoms with Gasteiger partial charge in [-0.25, -0.2) is 0 Å². The first-order chi connectivity index (χ1) is 6.02. The summed E-state index contributed by atoms with van der Waals surface area (Å²) < 4.78 is 0. The highest BCUT2D eigenvalue weighted by molar-refractivity contribution is 6.35. The maximum Gasteiger partial charge on any atom is 0.0468 e. The van der Waals surface area contributed by atoms with Crippen LogP contribution >= 0.6 is 23.2 Å². The summed E-state index contributed by atoms with van der Waals surface area (Å²) in [5, 5.41) is 1.29. The van der Waals surface area contributed by atoms with Gasteiger partial charge in [0.05, 0.1) is 0 Å². The van der Waals surface area contributed by atoms with Crippen molar-refractivity contribution in [1.29, 1.82) is 0 Å². The van der Waals surface area contributed by atoms with Gasteiger partial charge in [-0.15, -0.1) is 0 Å². The summed E-state index contributed by atoms with van der Waals surface area (Å²) in [6, 6.07) is 5.39. The van der Waals surface area contributed by atoms with Crippen molar-refractivity contribution >= 4 is 23.2 Å². The first-order valence-corrected chi connectivity index (χ1v) is 4.98. The van der Waals surface area contributed by atoms with E-state index in [0.717, 1.165) is 5.56 Å². The second kappa shape index (κ2) is 4.32. The molecule has 0 aliphatic heterocycles. The van der Waals surface area contributed by atoms with Crippen molar-refractivity contribution in [3.05, 3.63) is 33.8 Å². The maximum atomic E-state index is 6.00. The van der Waals surface area contributed by atoms with Crippen LogP contribution in [0.3, 0.4) is 0 Å². The standard InChI is InChI=1S/C10H13Cl2N/c1-6(2)10(13)8-4-3-7(11)5-9(8)12/h3-6,10H,13H2,1-2H3. The van der Waals surface area contributed by atoms with Crippen molar-refractivity contribution in [2.75, 3.05) is 0 Å². The molecule has 0 aromatic heterocycles. The van der Waals surface area contributed by atoms with E-state index in [9.17, 15) is 0 Å². The Morgan fingerprint density at radius 3 is 2.31 bits per heavy atom. The van der Waals surface area contributed by atoms with Gasteiger partial charge in [0.1, 0.15) is 0 Å². The molecule has 1 nitrogen and oxygen atoms in total. The average molecular weight is 218 g/mol. The Kier molecular flexibility index (Phi) is 3.60. The van der Waals surface area contributed by atoms with E-state index >= 15 is 0 Å². The van der Waals surface area contributed by atoms with Crippen LogP contribution < -0.4 is 5.73 Å². The average Bonchev–Trinajstić information content (AvgIpc) is 2.03. The Labute approximate surface area is 88.8 Å². The topological polar surface area (TPSA) is 26.0 Å². The number of hydrogen-bond acceptors (Lipinski definition) is 1. The largest absolute Gasteiger partial charge is 0.324 e. The highest BCUT2D eigenvalue weighted by atomic mass is 35.5. The number of nitrogens with two attached hydrogens (primary N) is 1. The lowest BCUT2D eigenvalue weighted by molar-refractivity contribution is 0.514. The van der Waals surface area contributed by atoms with Crippen LogP contribution in [0.15, 0.2) is 18.2 Å². The summed E-state index contributed by atoms with van der Waals surface area (Å²) >= 11 is 11.8. The molecular formula is C10H13Cl2N. The molecule has 1 unspecified atom stereocenters. The van der Waals surface area contributed by atoms with E-state index < -0.39 is 0 Å². The van der Waals surface area contributed by atoms with Crippen LogP contribution in [0.1, 0.15) is 25.5 Å². The first kappa shape index (κ1) is 10.8. The van der Waals surface area contributed by atoms with Gasteiger partial charge in [0.25, 0.3) is 0 Å².